The summed E-state index contributed by atoms with van der Waals surface area (Å²) in [5.74, 6) is 2.52. The van der Waals surface area contributed by atoms with Gasteiger partial charge in [0.1, 0.15) is 5.94 Å². The summed E-state index contributed by atoms with van der Waals surface area (Å²) < 4.78 is 0. The lowest BCUT2D eigenvalue weighted by atomic mass is 9.97. The molecule has 0 radical (unpaired) electrons. The second-order valence-electron chi connectivity index (χ2n) is 4.85. The Balaban J connectivity index is 2.38. The molecule has 0 N–H and O–H groups in total. The van der Waals surface area contributed by atoms with Gasteiger partial charge < -0.3 is 0 Å². The molecule has 2 aliphatic rings. The first-order chi connectivity index (χ1) is 6.08. The summed E-state index contributed by atoms with van der Waals surface area (Å²) in [7, 11) is 0. The number of hydrogen-bond acceptors (Lipinski definition) is 1. The molecule has 2 aliphatic carbocycles. The van der Waals surface area contributed by atoms with Crippen LogP contribution in [-0.2, 0) is 4.79 Å². The number of rotatable bonds is 2. The summed E-state index contributed by atoms with van der Waals surface area (Å²) in [4.78, 5) is 10.5. The van der Waals surface area contributed by atoms with Gasteiger partial charge >= 0.3 is 0 Å². The Morgan fingerprint density at radius 3 is 2.77 bits per heavy atom. The molecular weight excluding hydrogens is 160 g/mol. The van der Waals surface area contributed by atoms with Crippen LogP contribution in [0.2, 0.25) is 0 Å². The highest BCUT2D eigenvalue weighted by Crippen LogP contribution is 2.79. The molecule has 0 saturated heterocycles. The molecule has 1 nitrogen and oxygen atoms in total. The molecule has 0 bridgehead atoms. The normalized spacial score (nSPS) is 46.5. The van der Waals surface area contributed by atoms with Gasteiger partial charge in [0, 0.05) is 11.5 Å². The van der Waals surface area contributed by atoms with E-state index in [1.807, 2.05) is 5.94 Å². The zero-order chi connectivity index (χ0) is 9.69. The summed E-state index contributed by atoms with van der Waals surface area (Å²) in [5.41, 5.74) is 1.70. The topological polar surface area (TPSA) is 17.1 Å². The standard InChI is InChI=1S/C12H16O/c1-9(2)10-11(3)5-4-6-12(10,11)7-8-13/h7,10H,1,4-6H2,2-3H3. The van der Waals surface area contributed by atoms with E-state index in [1.54, 1.807) is 6.08 Å². The minimum atomic E-state index is 0.139. The Morgan fingerprint density at radius 1 is 1.62 bits per heavy atom. The molecule has 0 heterocycles. The summed E-state index contributed by atoms with van der Waals surface area (Å²) in [6.45, 7) is 8.39. The van der Waals surface area contributed by atoms with Crippen LogP contribution in [0.4, 0.5) is 0 Å². The van der Waals surface area contributed by atoms with Crippen molar-refractivity contribution in [3.8, 4) is 0 Å². The van der Waals surface area contributed by atoms with E-state index in [9.17, 15) is 4.79 Å². The van der Waals surface area contributed by atoms with Gasteiger partial charge in [-0.25, -0.2) is 4.79 Å². The van der Waals surface area contributed by atoms with Gasteiger partial charge in [-0.3, -0.25) is 0 Å². The molecule has 0 spiro atoms. The molecule has 1 heteroatoms. The maximum Gasteiger partial charge on any atom is 0.120 e. The van der Waals surface area contributed by atoms with Crippen molar-refractivity contribution in [2.75, 3.05) is 0 Å². The van der Waals surface area contributed by atoms with E-state index >= 15 is 0 Å². The maximum atomic E-state index is 10.5. The molecule has 2 rings (SSSR count). The Labute approximate surface area is 79.5 Å². The van der Waals surface area contributed by atoms with Crippen molar-refractivity contribution in [1.29, 1.82) is 0 Å². The fourth-order valence-corrected chi connectivity index (χ4v) is 3.75. The Kier molecular flexibility index (Phi) is 1.59. The first-order valence-corrected chi connectivity index (χ1v) is 4.96. The maximum absolute atomic E-state index is 10.5. The van der Waals surface area contributed by atoms with Crippen molar-refractivity contribution in [3.05, 3.63) is 18.2 Å². The molecule has 2 fully saturated rings. The van der Waals surface area contributed by atoms with Gasteiger partial charge in [0.2, 0.25) is 0 Å². The monoisotopic (exact) mass is 176 g/mol. The van der Waals surface area contributed by atoms with Gasteiger partial charge in [-0.1, -0.05) is 25.5 Å². The Morgan fingerprint density at radius 2 is 2.31 bits per heavy atom. The lowest BCUT2D eigenvalue weighted by Crippen LogP contribution is -1.99. The number of carbonyl (C=O) groups excluding carboxylic acids is 1. The van der Waals surface area contributed by atoms with Gasteiger partial charge in [0.15, 0.2) is 0 Å². The molecule has 3 atom stereocenters. The van der Waals surface area contributed by atoms with Gasteiger partial charge in [0.05, 0.1) is 0 Å². The van der Waals surface area contributed by atoms with Crippen molar-refractivity contribution in [2.24, 2.45) is 16.7 Å². The minimum absolute atomic E-state index is 0.139. The Bertz CT molecular complexity index is 311. The Hall–Kier alpha value is -0.810. The first-order valence-electron chi connectivity index (χ1n) is 4.96. The van der Waals surface area contributed by atoms with Gasteiger partial charge in [-0.15, -0.1) is 0 Å². The zero-order valence-corrected chi connectivity index (χ0v) is 8.39. The van der Waals surface area contributed by atoms with Crippen LogP contribution in [0.15, 0.2) is 18.2 Å². The van der Waals surface area contributed by atoms with Crippen LogP contribution in [0.3, 0.4) is 0 Å². The van der Waals surface area contributed by atoms with E-state index in [1.165, 1.54) is 18.4 Å². The lowest BCUT2D eigenvalue weighted by Gasteiger charge is -2.07. The third kappa shape index (κ3) is 0.808. The largest absolute Gasteiger partial charge is 0.234 e. The van der Waals surface area contributed by atoms with Crippen LogP contribution in [-0.4, -0.2) is 5.94 Å². The van der Waals surface area contributed by atoms with E-state index < -0.39 is 0 Å². The van der Waals surface area contributed by atoms with E-state index in [0.29, 0.717) is 11.3 Å². The highest BCUT2D eigenvalue weighted by Gasteiger charge is 2.74. The molecule has 0 aliphatic heterocycles. The molecule has 0 amide bonds. The highest BCUT2D eigenvalue weighted by molar-refractivity contribution is 5.53. The summed E-state index contributed by atoms with van der Waals surface area (Å²) in [5, 5.41) is 0. The fraction of sp³-hybridized carbons (Fsp3) is 0.667. The van der Waals surface area contributed by atoms with Crippen molar-refractivity contribution < 1.29 is 4.79 Å². The van der Waals surface area contributed by atoms with Crippen LogP contribution in [0.5, 0.6) is 0 Å². The molecule has 0 aromatic rings. The van der Waals surface area contributed by atoms with Crippen molar-refractivity contribution in [3.63, 3.8) is 0 Å². The van der Waals surface area contributed by atoms with Crippen LogP contribution in [0.1, 0.15) is 33.1 Å². The van der Waals surface area contributed by atoms with E-state index in [4.69, 9.17) is 0 Å². The van der Waals surface area contributed by atoms with Gasteiger partial charge in [0.25, 0.3) is 0 Å². The predicted octanol–water partition coefficient (Wildman–Crippen LogP) is 2.76. The van der Waals surface area contributed by atoms with Gasteiger partial charge in [-0.05, 0) is 31.1 Å². The molecule has 0 aromatic carbocycles. The quantitative estimate of drug-likeness (QED) is 0.467. The van der Waals surface area contributed by atoms with Crippen LogP contribution < -0.4 is 0 Å². The second-order valence-corrected chi connectivity index (χ2v) is 4.85. The minimum Gasteiger partial charge on any atom is -0.234 e. The third-order valence-corrected chi connectivity index (χ3v) is 4.23. The molecule has 13 heavy (non-hydrogen) atoms. The fourth-order valence-electron chi connectivity index (χ4n) is 3.75. The van der Waals surface area contributed by atoms with E-state index in [2.05, 4.69) is 20.4 Å². The lowest BCUT2D eigenvalue weighted by molar-refractivity contribution is 0.489. The van der Waals surface area contributed by atoms with E-state index in [0.717, 1.165) is 6.42 Å². The van der Waals surface area contributed by atoms with Crippen molar-refractivity contribution in [1.82, 2.24) is 0 Å². The number of allylic oxidation sites excluding steroid dienone is 2. The average molecular weight is 176 g/mol. The third-order valence-electron chi connectivity index (χ3n) is 4.23. The van der Waals surface area contributed by atoms with Crippen LogP contribution in [0, 0.1) is 16.7 Å². The van der Waals surface area contributed by atoms with E-state index in [-0.39, 0.29) is 5.41 Å². The molecule has 70 valence electrons. The molecule has 3 unspecified atom stereocenters. The molecular formula is C12H16O. The first kappa shape index (κ1) is 8.77. The smallest absolute Gasteiger partial charge is 0.120 e. The zero-order valence-electron chi connectivity index (χ0n) is 8.39. The van der Waals surface area contributed by atoms with Gasteiger partial charge in [-0.2, -0.15) is 0 Å². The second kappa shape index (κ2) is 2.36. The molecule has 2 saturated carbocycles. The number of hydrogen-bond donors (Lipinski definition) is 0. The number of fused-ring (bicyclic) bond motifs is 1. The highest BCUT2D eigenvalue weighted by atomic mass is 16.1. The summed E-state index contributed by atoms with van der Waals surface area (Å²) in [6, 6.07) is 0. The van der Waals surface area contributed by atoms with Crippen molar-refractivity contribution >= 4 is 5.94 Å². The van der Waals surface area contributed by atoms with Crippen LogP contribution in [0.25, 0.3) is 0 Å². The summed E-state index contributed by atoms with van der Waals surface area (Å²) in [6.07, 6.45) is 5.40. The average Bonchev–Trinajstić information content (AvgIpc) is 2.36. The molecule has 0 aromatic heterocycles. The van der Waals surface area contributed by atoms with Crippen LogP contribution >= 0.6 is 0 Å². The van der Waals surface area contributed by atoms with Crippen molar-refractivity contribution in [2.45, 2.75) is 33.1 Å². The SMILES string of the molecule is C=C(C)C1C2(C)CCCC12C=C=O. The predicted molar refractivity (Wildman–Crippen MR) is 53.0 cm³/mol. The summed E-state index contributed by atoms with van der Waals surface area (Å²) >= 11 is 0.